The van der Waals surface area contributed by atoms with Crippen LogP contribution in [0.1, 0.15) is 64.7 Å². The van der Waals surface area contributed by atoms with Gasteiger partial charge in [-0.25, -0.2) is 0 Å². The Bertz CT molecular complexity index is 355. The first-order chi connectivity index (χ1) is 9.57. The molecule has 0 heterocycles. The van der Waals surface area contributed by atoms with Gasteiger partial charge < -0.3 is 10.4 Å². The summed E-state index contributed by atoms with van der Waals surface area (Å²) in [6.45, 7) is 2.53. The highest BCUT2D eigenvalue weighted by atomic mass is 16.4. The topological polar surface area (TPSA) is 66.4 Å². The molecule has 2 N–H and O–H groups in total. The zero-order valence-corrected chi connectivity index (χ0v) is 12.5. The van der Waals surface area contributed by atoms with E-state index < -0.39 is 11.4 Å². The van der Waals surface area contributed by atoms with E-state index >= 15 is 0 Å². The Hall–Kier alpha value is -1.06. The number of hydrogen-bond donors (Lipinski definition) is 2. The molecule has 0 aromatic carbocycles. The van der Waals surface area contributed by atoms with Gasteiger partial charge in [0.05, 0.1) is 5.41 Å². The van der Waals surface area contributed by atoms with Crippen LogP contribution in [0.25, 0.3) is 0 Å². The Morgan fingerprint density at radius 3 is 2.35 bits per heavy atom. The molecule has 4 nitrogen and oxygen atoms in total. The van der Waals surface area contributed by atoms with Gasteiger partial charge in [0, 0.05) is 12.5 Å². The predicted octanol–water partition coefficient (Wildman–Crippen LogP) is 2.96. The molecule has 0 saturated heterocycles. The molecule has 0 aromatic rings. The number of unbranched alkanes of at least 4 members (excludes halogenated alkanes) is 1. The number of amides is 1. The second kappa shape index (κ2) is 6.59. The first kappa shape index (κ1) is 15.3. The highest BCUT2D eigenvalue weighted by molar-refractivity contribution is 5.82. The van der Waals surface area contributed by atoms with Gasteiger partial charge in [0.2, 0.25) is 5.91 Å². The fraction of sp³-hybridized carbons (Fsp3) is 0.875. The zero-order chi connectivity index (χ0) is 14.6. The summed E-state index contributed by atoms with van der Waals surface area (Å²) in [7, 11) is 0. The van der Waals surface area contributed by atoms with Crippen molar-refractivity contribution < 1.29 is 14.7 Å². The number of carboxylic acids is 1. The van der Waals surface area contributed by atoms with Gasteiger partial charge in [-0.3, -0.25) is 9.59 Å². The van der Waals surface area contributed by atoms with Crippen molar-refractivity contribution in [1.82, 2.24) is 5.32 Å². The van der Waals surface area contributed by atoms with E-state index in [-0.39, 0.29) is 11.8 Å². The van der Waals surface area contributed by atoms with Crippen molar-refractivity contribution >= 4 is 11.9 Å². The molecule has 0 unspecified atom stereocenters. The van der Waals surface area contributed by atoms with Crippen LogP contribution >= 0.6 is 0 Å². The third kappa shape index (κ3) is 3.74. The number of carboxylic acid groups (broad SMARTS) is 1. The summed E-state index contributed by atoms with van der Waals surface area (Å²) in [5.74, 6) is 0.220. The van der Waals surface area contributed by atoms with E-state index in [4.69, 9.17) is 5.11 Å². The Morgan fingerprint density at radius 2 is 1.85 bits per heavy atom. The van der Waals surface area contributed by atoms with Gasteiger partial charge in [-0.2, -0.15) is 0 Å². The largest absolute Gasteiger partial charge is 0.481 e. The maximum atomic E-state index is 12.1. The first-order valence-corrected chi connectivity index (χ1v) is 8.08. The summed E-state index contributed by atoms with van der Waals surface area (Å²) in [4.78, 5) is 23.2. The van der Waals surface area contributed by atoms with Crippen molar-refractivity contribution in [3.8, 4) is 0 Å². The van der Waals surface area contributed by atoms with Gasteiger partial charge in [0.15, 0.2) is 0 Å². The monoisotopic (exact) mass is 281 g/mol. The molecule has 0 bridgehead atoms. The Kier molecular flexibility index (Phi) is 5.06. The van der Waals surface area contributed by atoms with Crippen LogP contribution in [0.4, 0.5) is 0 Å². The zero-order valence-electron chi connectivity index (χ0n) is 12.5. The molecule has 0 aliphatic heterocycles. The van der Waals surface area contributed by atoms with Gasteiger partial charge in [0.1, 0.15) is 0 Å². The molecule has 0 radical (unpaired) electrons. The van der Waals surface area contributed by atoms with Crippen LogP contribution in [0, 0.1) is 17.3 Å². The van der Waals surface area contributed by atoms with Gasteiger partial charge in [-0.15, -0.1) is 0 Å². The lowest BCUT2D eigenvalue weighted by Crippen LogP contribution is -2.38. The van der Waals surface area contributed by atoms with Crippen molar-refractivity contribution in [1.29, 1.82) is 0 Å². The highest BCUT2D eigenvalue weighted by Crippen LogP contribution is 2.45. The van der Waals surface area contributed by atoms with E-state index in [1.165, 1.54) is 19.3 Å². The summed E-state index contributed by atoms with van der Waals surface area (Å²) < 4.78 is 0. The summed E-state index contributed by atoms with van der Waals surface area (Å²) in [5.41, 5.74) is -0.645. The minimum Gasteiger partial charge on any atom is -0.481 e. The molecular weight excluding hydrogens is 254 g/mol. The number of aliphatic carboxylic acids is 1. The predicted molar refractivity (Wildman–Crippen MR) is 77.3 cm³/mol. The third-order valence-electron chi connectivity index (χ3n) is 5.09. The number of hydrogen-bond acceptors (Lipinski definition) is 2. The summed E-state index contributed by atoms with van der Waals surface area (Å²) >= 11 is 0. The van der Waals surface area contributed by atoms with Crippen LogP contribution in [-0.2, 0) is 9.59 Å². The smallest absolute Gasteiger partial charge is 0.311 e. The van der Waals surface area contributed by atoms with Crippen molar-refractivity contribution in [3.05, 3.63) is 0 Å². The normalized spacial score (nSPS) is 27.9. The molecule has 2 saturated carbocycles. The molecular formula is C16H27NO3. The van der Waals surface area contributed by atoms with Crippen LogP contribution in [0.2, 0.25) is 0 Å². The molecule has 20 heavy (non-hydrogen) atoms. The van der Waals surface area contributed by atoms with E-state index in [1.807, 2.05) is 0 Å². The van der Waals surface area contributed by atoms with Crippen molar-refractivity contribution in [2.45, 2.75) is 64.7 Å². The van der Waals surface area contributed by atoms with E-state index in [0.717, 1.165) is 31.6 Å². The van der Waals surface area contributed by atoms with Crippen LogP contribution < -0.4 is 5.32 Å². The summed E-state index contributed by atoms with van der Waals surface area (Å²) in [6, 6.07) is 0. The van der Waals surface area contributed by atoms with Gasteiger partial charge in [0.25, 0.3) is 0 Å². The molecule has 2 aliphatic rings. The van der Waals surface area contributed by atoms with Gasteiger partial charge in [-0.1, -0.05) is 26.2 Å². The second-order valence-corrected chi connectivity index (χ2v) is 6.66. The fourth-order valence-electron chi connectivity index (χ4n) is 3.22. The van der Waals surface area contributed by atoms with E-state index in [2.05, 4.69) is 12.2 Å². The molecule has 0 spiro atoms. The minimum absolute atomic E-state index is 0.0754. The van der Waals surface area contributed by atoms with Crippen LogP contribution in [0.5, 0.6) is 0 Å². The summed E-state index contributed by atoms with van der Waals surface area (Å²) in [6.07, 6.45) is 9.50. The van der Waals surface area contributed by atoms with Crippen molar-refractivity contribution in [2.75, 3.05) is 6.54 Å². The van der Waals surface area contributed by atoms with Crippen molar-refractivity contribution in [2.24, 2.45) is 17.3 Å². The summed E-state index contributed by atoms with van der Waals surface area (Å²) in [5, 5.41) is 12.0. The number of carbonyl (C=O) groups is 2. The maximum absolute atomic E-state index is 12.1. The molecule has 114 valence electrons. The molecule has 0 atom stereocenters. The van der Waals surface area contributed by atoms with E-state index in [0.29, 0.717) is 19.4 Å². The third-order valence-corrected chi connectivity index (χ3v) is 5.09. The average molecular weight is 281 g/mol. The Balaban J connectivity index is 1.68. The average Bonchev–Trinajstić information content (AvgIpc) is 3.24. The standard InChI is InChI=1S/C16H27NO3/c1-2-3-4-12-5-7-13(8-6-12)14(18)17-11-16(9-10-16)15(19)20/h12-13H,2-11H2,1H3,(H,17,18)(H,19,20). The number of nitrogens with one attached hydrogen (secondary N) is 1. The maximum Gasteiger partial charge on any atom is 0.311 e. The number of rotatable bonds is 7. The highest BCUT2D eigenvalue weighted by Gasteiger charge is 2.50. The molecule has 1 amide bonds. The quantitative estimate of drug-likeness (QED) is 0.754. The van der Waals surface area contributed by atoms with Gasteiger partial charge in [-0.05, 0) is 44.4 Å². The van der Waals surface area contributed by atoms with Crippen LogP contribution in [0.3, 0.4) is 0 Å². The Morgan fingerprint density at radius 1 is 1.20 bits per heavy atom. The lowest BCUT2D eigenvalue weighted by atomic mass is 9.79. The van der Waals surface area contributed by atoms with E-state index in [9.17, 15) is 9.59 Å². The van der Waals surface area contributed by atoms with Crippen LogP contribution in [0.15, 0.2) is 0 Å². The fourth-order valence-corrected chi connectivity index (χ4v) is 3.22. The second-order valence-electron chi connectivity index (χ2n) is 6.66. The van der Waals surface area contributed by atoms with E-state index in [1.54, 1.807) is 0 Å². The first-order valence-electron chi connectivity index (χ1n) is 8.08. The lowest BCUT2D eigenvalue weighted by molar-refractivity contribution is -0.143. The molecule has 2 fully saturated rings. The van der Waals surface area contributed by atoms with Crippen LogP contribution in [-0.4, -0.2) is 23.5 Å². The molecule has 0 aromatic heterocycles. The lowest BCUT2D eigenvalue weighted by Gasteiger charge is -2.28. The number of carbonyl (C=O) groups excluding carboxylic acids is 1. The molecule has 2 rings (SSSR count). The SMILES string of the molecule is CCCCC1CCC(C(=O)NCC2(C(=O)O)CC2)CC1. The van der Waals surface area contributed by atoms with Gasteiger partial charge >= 0.3 is 5.97 Å². The molecule has 4 heteroatoms. The Labute approximate surface area is 121 Å². The molecule has 2 aliphatic carbocycles. The van der Waals surface area contributed by atoms with Crippen molar-refractivity contribution in [3.63, 3.8) is 0 Å². The minimum atomic E-state index is -0.763.